The number of rotatable bonds is 3. The number of nitrogens with two attached hydrogens (primary N) is 1. The first-order chi connectivity index (χ1) is 9.88. The summed E-state index contributed by atoms with van der Waals surface area (Å²) >= 11 is 0. The number of hydrogen-bond donors (Lipinski definition) is 1. The van der Waals surface area contributed by atoms with E-state index in [-0.39, 0.29) is 22.7 Å². The lowest BCUT2D eigenvalue weighted by molar-refractivity contribution is -0.384. The first kappa shape index (κ1) is 14.4. The number of benzene rings is 1. The van der Waals surface area contributed by atoms with E-state index in [0.29, 0.717) is 18.9 Å². The number of nitro groups is 1. The van der Waals surface area contributed by atoms with Crippen molar-refractivity contribution in [1.82, 2.24) is 4.31 Å². The van der Waals surface area contributed by atoms with Crippen LogP contribution in [0.25, 0.3) is 0 Å². The van der Waals surface area contributed by atoms with Gasteiger partial charge in [-0.3, -0.25) is 10.1 Å². The van der Waals surface area contributed by atoms with Crippen molar-refractivity contribution in [3.8, 4) is 0 Å². The minimum Gasteiger partial charge on any atom is -0.328 e. The van der Waals surface area contributed by atoms with E-state index in [9.17, 15) is 18.5 Å². The van der Waals surface area contributed by atoms with Crippen LogP contribution in [0.15, 0.2) is 29.2 Å². The van der Waals surface area contributed by atoms with E-state index < -0.39 is 14.9 Å². The SMILES string of the molecule is NC1CC2CC(C1)N(S(=O)(=O)c1ccc([N+](=O)[O-])cc1)C2. The molecule has 2 aliphatic rings. The van der Waals surface area contributed by atoms with Crippen LogP contribution in [0.2, 0.25) is 0 Å². The van der Waals surface area contributed by atoms with Crippen LogP contribution in [-0.2, 0) is 10.0 Å². The van der Waals surface area contributed by atoms with Crippen LogP contribution in [0.4, 0.5) is 5.69 Å². The largest absolute Gasteiger partial charge is 0.328 e. The summed E-state index contributed by atoms with van der Waals surface area (Å²) in [6, 6.07) is 5.07. The summed E-state index contributed by atoms with van der Waals surface area (Å²) in [5, 5.41) is 10.6. The standard InChI is InChI=1S/C13H17N3O4S/c14-10-5-9-6-12(7-10)15(8-9)21(19,20)13-3-1-11(2-4-13)16(17)18/h1-4,9-10,12H,5-8,14H2. The van der Waals surface area contributed by atoms with E-state index in [4.69, 9.17) is 5.73 Å². The summed E-state index contributed by atoms with van der Waals surface area (Å²) in [5.74, 6) is 0.326. The normalized spacial score (nSPS) is 29.5. The van der Waals surface area contributed by atoms with Gasteiger partial charge in [0.05, 0.1) is 9.82 Å². The maximum Gasteiger partial charge on any atom is 0.269 e. The van der Waals surface area contributed by atoms with Gasteiger partial charge in [-0.15, -0.1) is 0 Å². The van der Waals surface area contributed by atoms with Crippen molar-refractivity contribution in [3.05, 3.63) is 34.4 Å². The Labute approximate surface area is 122 Å². The first-order valence-corrected chi connectivity index (χ1v) is 8.34. The third-order valence-corrected chi connectivity index (χ3v) is 6.25. The molecule has 21 heavy (non-hydrogen) atoms. The molecule has 2 fully saturated rings. The predicted octanol–water partition coefficient (Wildman–Crippen LogP) is 1.10. The Morgan fingerprint density at radius 1 is 1.19 bits per heavy atom. The molecule has 7 nitrogen and oxygen atoms in total. The fourth-order valence-corrected chi connectivity index (χ4v) is 5.13. The molecule has 3 unspecified atom stereocenters. The Hall–Kier alpha value is -1.51. The van der Waals surface area contributed by atoms with Crippen molar-refractivity contribution in [2.75, 3.05) is 6.54 Å². The lowest BCUT2D eigenvalue weighted by Gasteiger charge is -2.27. The monoisotopic (exact) mass is 311 g/mol. The van der Waals surface area contributed by atoms with Gasteiger partial charge >= 0.3 is 0 Å². The Morgan fingerprint density at radius 3 is 2.48 bits per heavy atom. The molecule has 0 radical (unpaired) electrons. The van der Waals surface area contributed by atoms with Crippen molar-refractivity contribution < 1.29 is 13.3 Å². The summed E-state index contributed by atoms with van der Waals surface area (Å²) < 4.78 is 26.9. The minimum absolute atomic E-state index is 0.0426. The average Bonchev–Trinajstić information content (AvgIpc) is 2.74. The molecule has 0 aromatic heterocycles. The predicted molar refractivity (Wildman–Crippen MR) is 76.1 cm³/mol. The van der Waals surface area contributed by atoms with Gasteiger partial charge in [0, 0.05) is 30.8 Å². The van der Waals surface area contributed by atoms with E-state index in [1.807, 2.05) is 0 Å². The molecule has 114 valence electrons. The number of fused-ring (bicyclic) bond motifs is 2. The molecular formula is C13H17N3O4S. The number of nitro benzene ring substituents is 1. The molecule has 2 bridgehead atoms. The number of sulfonamides is 1. The van der Waals surface area contributed by atoms with Gasteiger partial charge in [-0.2, -0.15) is 4.31 Å². The van der Waals surface area contributed by atoms with E-state index in [2.05, 4.69) is 0 Å². The fraction of sp³-hybridized carbons (Fsp3) is 0.538. The number of non-ortho nitro benzene ring substituents is 1. The second kappa shape index (κ2) is 5.04. The van der Waals surface area contributed by atoms with Crippen molar-refractivity contribution in [1.29, 1.82) is 0 Å². The van der Waals surface area contributed by atoms with E-state index in [1.54, 1.807) is 0 Å². The van der Waals surface area contributed by atoms with Gasteiger partial charge in [0.1, 0.15) is 0 Å². The number of nitrogens with zero attached hydrogens (tertiary/aromatic N) is 2. The first-order valence-electron chi connectivity index (χ1n) is 6.90. The summed E-state index contributed by atoms with van der Waals surface area (Å²) in [6.45, 7) is 0.498. The Kier molecular flexibility index (Phi) is 3.46. The average molecular weight is 311 g/mol. The summed E-state index contributed by atoms with van der Waals surface area (Å²) in [4.78, 5) is 10.2. The zero-order valence-electron chi connectivity index (χ0n) is 11.4. The highest BCUT2D eigenvalue weighted by Crippen LogP contribution is 2.38. The molecule has 1 aromatic rings. The molecule has 1 aromatic carbocycles. The molecule has 3 rings (SSSR count). The van der Waals surface area contributed by atoms with Crippen LogP contribution in [0.1, 0.15) is 19.3 Å². The van der Waals surface area contributed by atoms with Crippen molar-refractivity contribution >= 4 is 15.7 Å². The minimum atomic E-state index is -3.60. The highest BCUT2D eigenvalue weighted by Gasteiger charge is 2.44. The van der Waals surface area contributed by atoms with Gasteiger partial charge in [0.15, 0.2) is 0 Å². The van der Waals surface area contributed by atoms with E-state index in [0.717, 1.165) is 12.8 Å². The molecular weight excluding hydrogens is 294 g/mol. The van der Waals surface area contributed by atoms with Crippen molar-refractivity contribution in [3.63, 3.8) is 0 Å². The Bertz CT molecular complexity index is 658. The quantitative estimate of drug-likeness (QED) is 0.664. The van der Waals surface area contributed by atoms with Gasteiger partial charge in [-0.05, 0) is 37.3 Å². The second-order valence-electron chi connectivity index (χ2n) is 5.81. The molecule has 3 atom stereocenters. The topological polar surface area (TPSA) is 107 Å². The maximum atomic E-state index is 12.7. The van der Waals surface area contributed by atoms with Crippen LogP contribution >= 0.6 is 0 Å². The third-order valence-electron chi connectivity index (χ3n) is 4.32. The number of hydrogen-bond acceptors (Lipinski definition) is 5. The van der Waals surface area contributed by atoms with Crippen molar-refractivity contribution in [2.24, 2.45) is 11.7 Å². The van der Waals surface area contributed by atoms with Crippen LogP contribution in [0, 0.1) is 16.0 Å². The molecule has 1 saturated carbocycles. The van der Waals surface area contributed by atoms with E-state index >= 15 is 0 Å². The fourth-order valence-electron chi connectivity index (χ4n) is 3.41. The zero-order valence-corrected chi connectivity index (χ0v) is 12.2. The molecule has 1 aliphatic carbocycles. The van der Waals surface area contributed by atoms with Gasteiger partial charge in [0.2, 0.25) is 10.0 Å². The molecule has 1 saturated heterocycles. The van der Waals surface area contributed by atoms with Crippen molar-refractivity contribution in [2.45, 2.75) is 36.2 Å². The second-order valence-corrected chi connectivity index (χ2v) is 7.70. The third kappa shape index (κ3) is 2.54. The molecule has 1 heterocycles. The molecule has 0 spiro atoms. The van der Waals surface area contributed by atoms with E-state index in [1.165, 1.54) is 28.6 Å². The van der Waals surface area contributed by atoms with Crippen LogP contribution in [0.3, 0.4) is 0 Å². The van der Waals surface area contributed by atoms with Crippen LogP contribution in [0.5, 0.6) is 0 Å². The highest BCUT2D eigenvalue weighted by molar-refractivity contribution is 7.89. The zero-order chi connectivity index (χ0) is 15.2. The highest BCUT2D eigenvalue weighted by atomic mass is 32.2. The lowest BCUT2D eigenvalue weighted by atomic mass is 9.87. The van der Waals surface area contributed by atoms with Gasteiger partial charge in [-0.25, -0.2) is 8.42 Å². The summed E-state index contributed by atoms with van der Waals surface area (Å²) in [6.07, 6.45) is 2.41. The Morgan fingerprint density at radius 2 is 1.86 bits per heavy atom. The molecule has 2 N–H and O–H groups in total. The van der Waals surface area contributed by atoms with Gasteiger partial charge in [-0.1, -0.05) is 0 Å². The molecule has 1 aliphatic heterocycles. The molecule has 8 heteroatoms. The summed E-state index contributed by atoms with van der Waals surface area (Å²) in [7, 11) is -3.60. The summed E-state index contributed by atoms with van der Waals surface area (Å²) in [5.41, 5.74) is 5.84. The maximum absolute atomic E-state index is 12.7. The Balaban J connectivity index is 1.88. The lowest BCUT2D eigenvalue weighted by Crippen LogP contribution is -2.38. The van der Waals surface area contributed by atoms with Crippen LogP contribution < -0.4 is 5.73 Å². The van der Waals surface area contributed by atoms with Crippen LogP contribution in [-0.4, -0.2) is 36.3 Å². The smallest absolute Gasteiger partial charge is 0.269 e. The molecule has 0 amide bonds. The van der Waals surface area contributed by atoms with Gasteiger partial charge in [0.25, 0.3) is 5.69 Å². The van der Waals surface area contributed by atoms with Gasteiger partial charge < -0.3 is 5.73 Å².